The summed E-state index contributed by atoms with van der Waals surface area (Å²) in [7, 11) is 0. The molecule has 2 aromatic rings. The summed E-state index contributed by atoms with van der Waals surface area (Å²) in [5, 5.41) is 13.6. The quantitative estimate of drug-likeness (QED) is 0.843. The molecule has 0 fully saturated rings. The lowest BCUT2D eigenvalue weighted by molar-refractivity contribution is 0.428. The fraction of sp³-hybridized carbons (Fsp3) is 0.182. The topological polar surface area (TPSA) is 72.3 Å². The van der Waals surface area contributed by atoms with Crippen LogP contribution in [0.3, 0.4) is 0 Å². The number of anilines is 1. The van der Waals surface area contributed by atoms with Gasteiger partial charge in [0.15, 0.2) is 11.6 Å². The molecule has 5 heteroatoms. The van der Waals surface area contributed by atoms with Crippen LogP contribution < -0.4 is 5.73 Å². The summed E-state index contributed by atoms with van der Waals surface area (Å²) in [6, 6.07) is 3.45. The Kier molecular flexibility index (Phi) is 2.63. The van der Waals surface area contributed by atoms with Crippen LogP contribution in [0, 0.1) is 13.8 Å². The number of aromatic hydroxyl groups is 1. The van der Waals surface area contributed by atoms with E-state index in [1.807, 2.05) is 19.9 Å². The van der Waals surface area contributed by atoms with Crippen molar-refractivity contribution in [2.75, 3.05) is 5.73 Å². The Balaban J connectivity index is 2.73. The second kappa shape index (κ2) is 3.83. The highest BCUT2D eigenvalue weighted by Crippen LogP contribution is 2.39. The third-order valence-corrected chi connectivity index (χ3v) is 3.29. The van der Waals surface area contributed by atoms with Crippen molar-refractivity contribution >= 4 is 21.7 Å². The van der Waals surface area contributed by atoms with Gasteiger partial charge in [-0.25, -0.2) is 0 Å². The zero-order valence-corrected chi connectivity index (χ0v) is 10.5. The second-order valence-corrected chi connectivity index (χ2v) is 4.49. The minimum Gasteiger partial charge on any atom is -0.507 e. The molecule has 1 heterocycles. The van der Waals surface area contributed by atoms with E-state index in [4.69, 9.17) is 10.3 Å². The zero-order valence-electron chi connectivity index (χ0n) is 8.91. The minimum absolute atomic E-state index is 0.192. The molecule has 1 aromatic heterocycles. The number of rotatable bonds is 1. The van der Waals surface area contributed by atoms with E-state index in [2.05, 4.69) is 21.1 Å². The van der Waals surface area contributed by atoms with Gasteiger partial charge in [-0.1, -0.05) is 21.1 Å². The average Bonchev–Trinajstić information content (AvgIpc) is 2.62. The first-order valence-electron chi connectivity index (χ1n) is 4.72. The molecule has 2 rings (SSSR count). The van der Waals surface area contributed by atoms with E-state index in [0.29, 0.717) is 17.1 Å². The van der Waals surface area contributed by atoms with Gasteiger partial charge in [0.05, 0.1) is 5.56 Å². The van der Waals surface area contributed by atoms with E-state index in [1.165, 1.54) is 0 Å². The van der Waals surface area contributed by atoms with Gasteiger partial charge in [0.2, 0.25) is 0 Å². The van der Waals surface area contributed by atoms with Crippen molar-refractivity contribution in [1.82, 2.24) is 5.16 Å². The third-order valence-electron chi connectivity index (χ3n) is 2.46. The van der Waals surface area contributed by atoms with E-state index in [-0.39, 0.29) is 5.75 Å². The van der Waals surface area contributed by atoms with Gasteiger partial charge < -0.3 is 15.4 Å². The molecule has 0 aliphatic rings. The van der Waals surface area contributed by atoms with Crippen molar-refractivity contribution in [2.24, 2.45) is 0 Å². The van der Waals surface area contributed by atoms with E-state index >= 15 is 0 Å². The Morgan fingerprint density at radius 2 is 2.06 bits per heavy atom. The summed E-state index contributed by atoms with van der Waals surface area (Å²) in [6.07, 6.45) is 0. The van der Waals surface area contributed by atoms with Crippen molar-refractivity contribution < 1.29 is 9.63 Å². The van der Waals surface area contributed by atoms with Crippen LogP contribution in [0.4, 0.5) is 5.82 Å². The van der Waals surface area contributed by atoms with Crippen LogP contribution in [0.25, 0.3) is 11.3 Å². The summed E-state index contributed by atoms with van der Waals surface area (Å²) in [5.41, 5.74) is 7.77. The van der Waals surface area contributed by atoms with Crippen molar-refractivity contribution in [3.63, 3.8) is 0 Å². The lowest BCUT2D eigenvalue weighted by Crippen LogP contribution is -1.88. The average molecular weight is 283 g/mol. The standard InChI is InChI=1S/C11H11BrN2O2/c1-5-3-7(12)6(2)10(11(5)15)8-4-9(13)14-16-8/h3-4,15H,1-2H3,(H2,13,14). The predicted molar refractivity (Wildman–Crippen MR) is 65.2 cm³/mol. The van der Waals surface area contributed by atoms with Gasteiger partial charge in [-0.2, -0.15) is 0 Å². The molecule has 0 aliphatic carbocycles. The molecule has 0 bridgehead atoms. The molecule has 0 aliphatic heterocycles. The Hall–Kier alpha value is -1.49. The maximum Gasteiger partial charge on any atom is 0.173 e. The minimum atomic E-state index is 0.192. The van der Waals surface area contributed by atoms with Crippen LogP contribution in [0.2, 0.25) is 0 Å². The van der Waals surface area contributed by atoms with Gasteiger partial charge >= 0.3 is 0 Å². The SMILES string of the molecule is Cc1cc(Br)c(C)c(-c2cc(N)no2)c1O. The molecular formula is C11H11BrN2O2. The Morgan fingerprint density at radius 1 is 1.38 bits per heavy atom. The number of nitrogens with two attached hydrogens (primary N) is 1. The maximum atomic E-state index is 10.0. The monoisotopic (exact) mass is 282 g/mol. The second-order valence-electron chi connectivity index (χ2n) is 3.64. The molecule has 0 atom stereocenters. The molecule has 0 unspecified atom stereocenters. The van der Waals surface area contributed by atoms with Gasteiger partial charge in [0.1, 0.15) is 5.75 Å². The van der Waals surface area contributed by atoms with Crippen molar-refractivity contribution in [3.05, 3.63) is 27.7 Å². The van der Waals surface area contributed by atoms with E-state index < -0.39 is 0 Å². The summed E-state index contributed by atoms with van der Waals surface area (Å²) in [4.78, 5) is 0. The van der Waals surface area contributed by atoms with Crippen LogP contribution in [-0.2, 0) is 0 Å². The molecular weight excluding hydrogens is 272 g/mol. The number of phenols is 1. The number of phenolic OH excluding ortho intramolecular Hbond substituents is 1. The third kappa shape index (κ3) is 1.67. The molecule has 0 spiro atoms. The molecule has 1 aromatic carbocycles. The largest absolute Gasteiger partial charge is 0.507 e. The summed E-state index contributed by atoms with van der Waals surface area (Å²) in [5.74, 6) is 0.958. The van der Waals surface area contributed by atoms with Crippen LogP contribution >= 0.6 is 15.9 Å². The first kappa shape index (κ1) is 11.0. The summed E-state index contributed by atoms with van der Waals surface area (Å²) >= 11 is 3.43. The maximum absolute atomic E-state index is 10.0. The fourth-order valence-corrected chi connectivity index (χ4v) is 2.11. The van der Waals surface area contributed by atoms with Gasteiger partial charge in [-0.15, -0.1) is 0 Å². The summed E-state index contributed by atoms with van der Waals surface area (Å²) < 4.78 is 5.98. The highest BCUT2D eigenvalue weighted by atomic mass is 79.9. The Labute approximate surface area is 101 Å². The Bertz CT molecular complexity index is 523. The van der Waals surface area contributed by atoms with E-state index in [0.717, 1.165) is 15.6 Å². The number of nitrogen functional groups attached to an aromatic ring is 1. The van der Waals surface area contributed by atoms with Crippen molar-refractivity contribution in [3.8, 4) is 17.1 Å². The molecule has 0 amide bonds. The molecule has 16 heavy (non-hydrogen) atoms. The highest BCUT2D eigenvalue weighted by Gasteiger charge is 2.17. The molecule has 3 N–H and O–H groups in total. The number of nitrogens with zero attached hydrogens (tertiary/aromatic N) is 1. The number of aromatic nitrogens is 1. The van der Waals surface area contributed by atoms with Gasteiger partial charge in [0, 0.05) is 10.5 Å². The molecule has 0 radical (unpaired) electrons. The normalized spacial score (nSPS) is 10.7. The zero-order chi connectivity index (χ0) is 11.9. The van der Waals surface area contributed by atoms with E-state index in [1.54, 1.807) is 6.07 Å². The molecule has 0 saturated heterocycles. The Morgan fingerprint density at radius 3 is 2.62 bits per heavy atom. The number of halogens is 1. The van der Waals surface area contributed by atoms with Crippen LogP contribution in [0.15, 0.2) is 21.1 Å². The number of hydrogen-bond donors (Lipinski definition) is 2. The molecule has 4 nitrogen and oxygen atoms in total. The summed E-state index contributed by atoms with van der Waals surface area (Å²) in [6.45, 7) is 3.71. The first-order chi connectivity index (χ1) is 7.50. The van der Waals surface area contributed by atoms with Gasteiger partial charge in [0.25, 0.3) is 0 Å². The van der Waals surface area contributed by atoms with Gasteiger partial charge in [-0.05, 0) is 31.0 Å². The van der Waals surface area contributed by atoms with Crippen molar-refractivity contribution in [1.29, 1.82) is 0 Å². The number of benzene rings is 1. The predicted octanol–water partition coefficient (Wildman–Crippen LogP) is 3.01. The smallest absolute Gasteiger partial charge is 0.173 e. The van der Waals surface area contributed by atoms with Crippen LogP contribution in [-0.4, -0.2) is 10.3 Å². The lowest BCUT2D eigenvalue weighted by atomic mass is 10.0. The van der Waals surface area contributed by atoms with E-state index in [9.17, 15) is 5.11 Å². The molecule has 0 saturated carbocycles. The molecule has 84 valence electrons. The van der Waals surface area contributed by atoms with Crippen LogP contribution in [0.5, 0.6) is 5.75 Å². The fourth-order valence-electron chi connectivity index (χ4n) is 1.57. The lowest BCUT2D eigenvalue weighted by Gasteiger charge is -2.09. The van der Waals surface area contributed by atoms with Crippen LogP contribution in [0.1, 0.15) is 11.1 Å². The highest BCUT2D eigenvalue weighted by molar-refractivity contribution is 9.10. The number of aryl methyl sites for hydroxylation is 1. The van der Waals surface area contributed by atoms with Gasteiger partial charge in [-0.3, -0.25) is 0 Å². The first-order valence-corrected chi connectivity index (χ1v) is 5.51. The van der Waals surface area contributed by atoms with Crippen molar-refractivity contribution in [2.45, 2.75) is 13.8 Å². The number of hydrogen-bond acceptors (Lipinski definition) is 4.